The Morgan fingerprint density at radius 3 is 1.84 bits per heavy atom. The molecule has 2 aliphatic carbocycles. The van der Waals surface area contributed by atoms with Crippen LogP contribution in [0.25, 0.3) is 71.3 Å². The molecule has 0 aromatic heterocycles. The fourth-order valence-electron chi connectivity index (χ4n) is 9.13. The Hall–Kier alpha value is -6.00. The van der Waals surface area contributed by atoms with Gasteiger partial charge in [0.1, 0.15) is 56.5 Å². The topological polar surface area (TPSA) is 60.7 Å². The van der Waals surface area contributed by atoms with Crippen LogP contribution in [0, 0.1) is 5.41 Å². The van der Waals surface area contributed by atoms with Gasteiger partial charge in [-0.2, -0.15) is 0 Å². The Bertz CT molecular complexity index is 2860. The van der Waals surface area contributed by atoms with E-state index < -0.39 is 0 Å². The lowest BCUT2D eigenvalue weighted by atomic mass is 9.67. The third-order valence-electron chi connectivity index (χ3n) is 12.6. The van der Waals surface area contributed by atoms with Gasteiger partial charge < -0.3 is 15.3 Å². The molecule has 0 heterocycles. The summed E-state index contributed by atoms with van der Waals surface area (Å²) in [4.78, 5) is 0. The Morgan fingerprint density at radius 2 is 1.11 bits per heavy atom. The van der Waals surface area contributed by atoms with E-state index in [2.05, 4.69) is 136 Å². The molecule has 9 rings (SSSR count). The van der Waals surface area contributed by atoms with E-state index in [4.69, 9.17) is 0 Å². The maximum Gasteiger partial charge on any atom is 0.145 e. The van der Waals surface area contributed by atoms with Crippen LogP contribution in [-0.2, 0) is 0 Å². The standard InChI is InChI=1S/C47H39B5O3/c1-47-20-8-7-14-28(47)23-26(19-21-47)25-12-9-13-27(22-25)33-35-36(40(49)46(55)41(50)39(35)48)34(38-37(33)44(53)42(51)43(52)45(38)54)32-18-17-29(24-10-3-2-4-11-24)30-15-5-6-16-31(30)32/h2-20,22-23,53-55H,21,48-52H2,1H3. The van der Waals surface area contributed by atoms with Gasteiger partial charge in [0, 0.05) is 27.3 Å². The Morgan fingerprint density at radius 1 is 0.527 bits per heavy atom. The monoisotopic (exact) mass is 706 g/mol. The third kappa shape index (κ3) is 5.18. The van der Waals surface area contributed by atoms with Crippen LogP contribution in [0.5, 0.6) is 17.2 Å². The fourth-order valence-corrected chi connectivity index (χ4v) is 9.13. The van der Waals surface area contributed by atoms with Crippen molar-refractivity contribution in [3.05, 3.63) is 139 Å². The molecule has 0 amide bonds. The molecular weight excluding hydrogens is 667 g/mol. The summed E-state index contributed by atoms with van der Waals surface area (Å²) in [6.45, 7) is 2.28. The molecule has 0 spiro atoms. The first-order chi connectivity index (χ1) is 26.5. The van der Waals surface area contributed by atoms with Crippen molar-refractivity contribution in [3.8, 4) is 50.6 Å². The number of rotatable bonds is 4. The quantitative estimate of drug-likeness (QED) is 0.150. The Labute approximate surface area is 326 Å². The molecule has 7 aromatic rings. The second-order valence-electron chi connectivity index (χ2n) is 15.7. The molecule has 260 valence electrons. The number of phenolic OH excluding ortho intramolecular Hbond substituents is 3. The van der Waals surface area contributed by atoms with E-state index >= 15 is 0 Å². The van der Waals surface area contributed by atoms with Gasteiger partial charge in [0.25, 0.3) is 0 Å². The van der Waals surface area contributed by atoms with Gasteiger partial charge in [-0.05, 0) is 89.4 Å². The van der Waals surface area contributed by atoms with Gasteiger partial charge in [-0.15, -0.1) is 0 Å². The fraction of sp³-hybridized carbons (Fsp3) is 0.0638. The molecule has 3 nitrogen and oxygen atoms in total. The number of phenols is 3. The zero-order valence-electron chi connectivity index (χ0n) is 32.2. The molecule has 0 saturated carbocycles. The largest absolute Gasteiger partial charge is 0.509 e. The summed E-state index contributed by atoms with van der Waals surface area (Å²) in [5.74, 6) is 0.513. The highest BCUT2D eigenvalue weighted by molar-refractivity contribution is 6.61. The summed E-state index contributed by atoms with van der Waals surface area (Å²) < 4.78 is 0. The molecule has 0 aliphatic heterocycles. The van der Waals surface area contributed by atoms with Crippen LogP contribution >= 0.6 is 0 Å². The minimum Gasteiger partial charge on any atom is -0.509 e. The number of hydrogen-bond acceptors (Lipinski definition) is 3. The van der Waals surface area contributed by atoms with Gasteiger partial charge in [0.05, 0.1) is 0 Å². The first-order valence-corrected chi connectivity index (χ1v) is 19.1. The zero-order valence-corrected chi connectivity index (χ0v) is 32.2. The predicted octanol–water partition coefficient (Wildman–Crippen LogP) is 3.40. The molecule has 0 radical (unpaired) electrons. The van der Waals surface area contributed by atoms with Crippen LogP contribution in [0.2, 0.25) is 0 Å². The van der Waals surface area contributed by atoms with Crippen LogP contribution < -0.4 is 27.3 Å². The van der Waals surface area contributed by atoms with Gasteiger partial charge in [0.15, 0.2) is 0 Å². The lowest BCUT2D eigenvalue weighted by Crippen LogP contribution is -2.33. The summed E-state index contributed by atoms with van der Waals surface area (Å²) in [6.07, 6.45) is 14.2. The molecule has 1 atom stereocenters. The second-order valence-corrected chi connectivity index (χ2v) is 15.7. The van der Waals surface area contributed by atoms with E-state index in [1.165, 1.54) is 5.57 Å². The average molecular weight is 706 g/mol. The van der Waals surface area contributed by atoms with Crippen LogP contribution in [0.4, 0.5) is 0 Å². The summed E-state index contributed by atoms with van der Waals surface area (Å²) >= 11 is 0. The van der Waals surface area contributed by atoms with Gasteiger partial charge >= 0.3 is 0 Å². The maximum absolute atomic E-state index is 12.4. The van der Waals surface area contributed by atoms with E-state index in [0.717, 1.165) is 88.9 Å². The molecule has 7 aromatic carbocycles. The number of hydrogen-bond donors (Lipinski definition) is 3. The Kier molecular flexibility index (Phi) is 8.09. The number of fused-ring (bicyclic) bond motifs is 4. The smallest absolute Gasteiger partial charge is 0.145 e. The number of benzene rings is 7. The predicted molar refractivity (Wildman–Crippen MR) is 248 cm³/mol. The number of aromatic hydroxyl groups is 3. The van der Waals surface area contributed by atoms with Crippen molar-refractivity contribution in [2.45, 2.75) is 13.3 Å². The van der Waals surface area contributed by atoms with Crippen LogP contribution in [-0.4, -0.2) is 54.6 Å². The first kappa shape index (κ1) is 34.8. The molecule has 0 fully saturated rings. The van der Waals surface area contributed by atoms with Gasteiger partial charge in [-0.1, -0.05) is 139 Å². The van der Waals surface area contributed by atoms with Gasteiger partial charge in [-0.25, -0.2) is 0 Å². The molecule has 55 heavy (non-hydrogen) atoms. The van der Waals surface area contributed by atoms with Crippen molar-refractivity contribution in [2.24, 2.45) is 5.41 Å². The summed E-state index contributed by atoms with van der Waals surface area (Å²) in [7, 11) is 9.74. The summed E-state index contributed by atoms with van der Waals surface area (Å²) in [5.41, 5.74) is 12.9. The van der Waals surface area contributed by atoms with E-state index in [0.29, 0.717) is 21.7 Å². The van der Waals surface area contributed by atoms with Crippen molar-refractivity contribution in [2.75, 3.05) is 0 Å². The van der Waals surface area contributed by atoms with Gasteiger partial charge in [-0.3, -0.25) is 0 Å². The SMILES string of the molecule is Bc1c(O)c(B)c2c(-c3ccc(-c4ccccc4)c4ccccc34)c3c(O)c(B)c(B)c(O)c3c(-c3cccc(C4=CCC5(C)C=CC=CC5=C4)c3)c2c1B. The molecule has 0 bridgehead atoms. The van der Waals surface area contributed by atoms with E-state index in [1.54, 1.807) is 0 Å². The first-order valence-electron chi connectivity index (χ1n) is 19.1. The van der Waals surface area contributed by atoms with Crippen molar-refractivity contribution >= 4 is 104 Å². The Balaban J connectivity index is 1.43. The van der Waals surface area contributed by atoms with E-state index in [-0.39, 0.29) is 22.7 Å². The van der Waals surface area contributed by atoms with Crippen molar-refractivity contribution < 1.29 is 15.3 Å². The lowest BCUT2D eigenvalue weighted by molar-refractivity contribution is 0.476. The summed E-state index contributed by atoms with van der Waals surface area (Å²) in [6, 6.07) is 31.6. The molecule has 2 aliphatic rings. The van der Waals surface area contributed by atoms with Crippen LogP contribution in [0.1, 0.15) is 18.9 Å². The van der Waals surface area contributed by atoms with E-state index in [9.17, 15) is 15.3 Å². The second kappa shape index (κ2) is 12.8. The third-order valence-corrected chi connectivity index (χ3v) is 12.6. The maximum atomic E-state index is 12.4. The van der Waals surface area contributed by atoms with Crippen molar-refractivity contribution in [1.29, 1.82) is 0 Å². The highest BCUT2D eigenvalue weighted by atomic mass is 16.3. The minimum absolute atomic E-state index is 0.0194. The molecule has 1 unspecified atom stereocenters. The van der Waals surface area contributed by atoms with Crippen LogP contribution in [0.3, 0.4) is 0 Å². The molecule has 8 heteroatoms. The lowest BCUT2D eigenvalue weighted by Gasteiger charge is -2.32. The van der Waals surface area contributed by atoms with E-state index in [1.807, 2.05) is 37.5 Å². The minimum atomic E-state index is -0.0194. The highest BCUT2D eigenvalue weighted by Gasteiger charge is 2.30. The molecule has 3 N–H and O–H groups in total. The zero-order chi connectivity index (χ0) is 38.3. The summed E-state index contributed by atoms with van der Waals surface area (Å²) in [5, 5.41) is 41.7. The molecule has 0 saturated heterocycles. The highest BCUT2D eigenvalue weighted by Crippen LogP contribution is 2.50. The normalized spacial score (nSPS) is 16.4. The van der Waals surface area contributed by atoms with Crippen molar-refractivity contribution in [1.82, 2.24) is 0 Å². The van der Waals surface area contributed by atoms with Crippen LogP contribution in [0.15, 0.2) is 133 Å². The van der Waals surface area contributed by atoms with Gasteiger partial charge in [0.2, 0.25) is 0 Å². The average Bonchev–Trinajstić information content (AvgIpc) is 3.22. The molecular formula is C47H39B5O3. The van der Waals surface area contributed by atoms with Crippen molar-refractivity contribution in [3.63, 3.8) is 0 Å². The number of allylic oxidation sites excluding steroid dienone is 8.